The molecule has 13 heteroatoms. The van der Waals surface area contributed by atoms with Crippen LogP contribution in [0, 0.1) is 11.8 Å². The SMILES string of the molecule is O=C(CC1CCC2(CC1)OCCO2)N1C(=O)OC[C@@H]1Cc1ccccc1.O=C(O)CC1CCC2(CC1)OCCO2.O=C1N[C@@H](Cc2ccccc2)CO1. The quantitative estimate of drug-likeness (QED) is 0.346. The number of carboxylic acid groups (broad SMARTS) is 1. The van der Waals surface area contributed by atoms with Crippen LogP contribution in [0.25, 0.3) is 0 Å². The van der Waals surface area contributed by atoms with Crippen LogP contribution in [0.4, 0.5) is 9.59 Å². The molecule has 2 atom stereocenters. The number of hydrogen-bond acceptors (Lipinski definition) is 10. The molecule has 6 aliphatic rings. The van der Waals surface area contributed by atoms with Crippen molar-refractivity contribution >= 4 is 24.1 Å². The van der Waals surface area contributed by atoms with E-state index < -0.39 is 17.8 Å². The number of nitrogens with zero attached hydrogens (tertiary/aromatic N) is 1. The third kappa shape index (κ3) is 11.0. The average Bonchev–Trinajstić information content (AvgIpc) is 3.98. The first kappa shape index (κ1) is 38.7. The van der Waals surface area contributed by atoms with E-state index in [1.165, 1.54) is 10.5 Å². The number of carboxylic acids is 1. The van der Waals surface area contributed by atoms with Crippen LogP contribution in [0.2, 0.25) is 0 Å². The summed E-state index contributed by atoms with van der Waals surface area (Å²) >= 11 is 0. The number of nitrogens with one attached hydrogen (secondary N) is 1. The number of alkyl carbamates (subject to hydrolysis) is 1. The highest BCUT2D eigenvalue weighted by Crippen LogP contribution is 2.40. The second-order valence-corrected chi connectivity index (χ2v) is 14.7. The van der Waals surface area contributed by atoms with Crippen molar-refractivity contribution in [3.05, 3.63) is 71.8 Å². The maximum Gasteiger partial charge on any atom is 0.416 e. The summed E-state index contributed by atoms with van der Waals surface area (Å²) in [7, 11) is 0. The molecule has 3 amide bonds. The lowest BCUT2D eigenvalue weighted by atomic mass is 9.83. The van der Waals surface area contributed by atoms with Gasteiger partial charge in [0.2, 0.25) is 5.91 Å². The summed E-state index contributed by atoms with van der Waals surface area (Å²) < 4.78 is 32.6. The van der Waals surface area contributed by atoms with Crippen LogP contribution < -0.4 is 5.32 Å². The number of carbonyl (C=O) groups is 4. The van der Waals surface area contributed by atoms with Gasteiger partial charge in [-0.25, -0.2) is 14.5 Å². The van der Waals surface area contributed by atoms with E-state index in [1.54, 1.807) is 0 Å². The van der Waals surface area contributed by atoms with Crippen molar-refractivity contribution in [3.63, 3.8) is 0 Å². The normalized spacial score (nSPS) is 25.8. The molecule has 2 saturated carbocycles. The Balaban J connectivity index is 0.000000150. The van der Waals surface area contributed by atoms with Gasteiger partial charge >= 0.3 is 18.2 Å². The largest absolute Gasteiger partial charge is 0.481 e. The van der Waals surface area contributed by atoms with Crippen molar-refractivity contribution < 1.29 is 52.7 Å². The van der Waals surface area contributed by atoms with Crippen molar-refractivity contribution in [1.29, 1.82) is 0 Å². The minimum Gasteiger partial charge on any atom is -0.481 e. The standard InChI is InChI=1S/C20H25NO5.C10H11NO2.C10H16O4/c22-18(13-16-6-8-20(9-7-16)25-10-11-26-20)21-17(14-24-19(21)23)12-15-4-2-1-3-5-15;12-10-11-9(7-13-10)6-8-4-2-1-3-5-8;11-9(12)7-8-1-3-10(4-2-8)13-5-6-14-10/h1-5,16-17H,6-14H2;1-5,9H,6-7H2,(H,11,12);8H,1-7H2,(H,11,12)/t17-;9-;/m00./s1. The minimum atomic E-state index is -0.695. The van der Waals surface area contributed by atoms with Gasteiger partial charge in [0, 0.05) is 38.5 Å². The van der Waals surface area contributed by atoms with Crippen molar-refractivity contribution in [2.45, 2.75) is 101 Å². The molecule has 6 fully saturated rings. The Morgan fingerprint density at radius 1 is 0.679 bits per heavy atom. The molecule has 8 rings (SSSR count). The maximum atomic E-state index is 12.8. The zero-order valence-electron chi connectivity index (χ0n) is 30.3. The first-order valence-electron chi connectivity index (χ1n) is 19.0. The lowest BCUT2D eigenvalue weighted by Crippen LogP contribution is -2.42. The molecule has 0 bridgehead atoms. The number of carbonyl (C=O) groups excluding carboxylic acids is 3. The smallest absolute Gasteiger partial charge is 0.416 e. The van der Waals surface area contributed by atoms with Gasteiger partial charge in [-0.1, -0.05) is 60.7 Å². The summed E-state index contributed by atoms with van der Waals surface area (Å²) in [5, 5.41) is 11.4. The van der Waals surface area contributed by atoms with Crippen molar-refractivity contribution in [3.8, 4) is 0 Å². The molecule has 2 aromatic rings. The highest BCUT2D eigenvalue weighted by atomic mass is 16.7. The van der Waals surface area contributed by atoms with Gasteiger partial charge in [0.1, 0.15) is 13.2 Å². The molecule has 4 aliphatic heterocycles. The number of benzene rings is 2. The second-order valence-electron chi connectivity index (χ2n) is 14.7. The molecule has 53 heavy (non-hydrogen) atoms. The van der Waals surface area contributed by atoms with E-state index in [-0.39, 0.29) is 48.8 Å². The van der Waals surface area contributed by atoms with E-state index >= 15 is 0 Å². The van der Waals surface area contributed by atoms with Crippen molar-refractivity contribution in [2.75, 3.05) is 39.6 Å². The number of rotatable bonds is 8. The second kappa shape index (κ2) is 18.3. The van der Waals surface area contributed by atoms with Gasteiger partial charge in [0.15, 0.2) is 11.6 Å². The maximum absolute atomic E-state index is 12.8. The van der Waals surface area contributed by atoms with Crippen LogP contribution >= 0.6 is 0 Å². The molecule has 2 spiro atoms. The summed E-state index contributed by atoms with van der Waals surface area (Å²) in [6.07, 6.45) is 8.27. The Bertz CT molecular complexity index is 1490. The molecule has 13 nitrogen and oxygen atoms in total. The fourth-order valence-electron chi connectivity index (χ4n) is 8.04. The Morgan fingerprint density at radius 3 is 1.64 bits per heavy atom. The first-order valence-corrected chi connectivity index (χ1v) is 19.0. The third-order valence-electron chi connectivity index (χ3n) is 10.9. The molecule has 0 aromatic heterocycles. The number of cyclic esters (lactones) is 2. The molecule has 0 radical (unpaired) electrons. The van der Waals surface area contributed by atoms with Gasteiger partial charge in [-0.2, -0.15) is 0 Å². The molecule has 4 saturated heterocycles. The van der Waals surface area contributed by atoms with E-state index in [1.807, 2.05) is 60.7 Å². The van der Waals surface area contributed by atoms with Gasteiger partial charge in [-0.15, -0.1) is 0 Å². The van der Waals surface area contributed by atoms with Gasteiger partial charge in [-0.3, -0.25) is 9.59 Å². The molecular formula is C40H52N2O11. The monoisotopic (exact) mass is 736 g/mol. The molecule has 288 valence electrons. The Morgan fingerprint density at radius 2 is 1.17 bits per heavy atom. The van der Waals surface area contributed by atoms with Gasteiger partial charge < -0.3 is 38.8 Å². The highest BCUT2D eigenvalue weighted by Gasteiger charge is 2.43. The van der Waals surface area contributed by atoms with Crippen LogP contribution in [0.5, 0.6) is 0 Å². The summed E-state index contributed by atoms with van der Waals surface area (Å²) in [6, 6.07) is 19.9. The third-order valence-corrected chi connectivity index (χ3v) is 10.9. The highest BCUT2D eigenvalue weighted by molar-refractivity contribution is 5.93. The number of aliphatic carboxylic acids is 1. The van der Waals surface area contributed by atoms with Crippen LogP contribution in [0.15, 0.2) is 60.7 Å². The van der Waals surface area contributed by atoms with E-state index in [4.69, 9.17) is 33.5 Å². The number of imide groups is 1. The van der Waals surface area contributed by atoms with E-state index in [9.17, 15) is 19.2 Å². The predicted octanol–water partition coefficient (Wildman–Crippen LogP) is 5.63. The number of amides is 3. The zero-order valence-corrected chi connectivity index (χ0v) is 30.3. The van der Waals surface area contributed by atoms with E-state index in [0.717, 1.165) is 63.4 Å². The van der Waals surface area contributed by atoms with Crippen LogP contribution in [0.3, 0.4) is 0 Å². The van der Waals surface area contributed by atoms with Gasteiger partial charge in [0.05, 0.1) is 38.5 Å². The van der Waals surface area contributed by atoms with E-state index in [0.29, 0.717) is 51.8 Å². The summed E-state index contributed by atoms with van der Waals surface area (Å²) in [5.41, 5.74) is 2.32. The zero-order chi connectivity index (χ0) is 37.1. The summed E-state index contributed by atoms with van der Waals surface area (Å²) in [4.78, 5) is 47.5. The fraction of sp³-hybridized carbons (Fsp3) is 0.600. The van der Waals surface area contributed by atoms with Crippen LogP contribution in [-0.4, -0.2) is 97.4 Å². The molecule has 2 aromatic carbocycles. The fourth-order valence-corrected chi connectivity index (χ4v) is 8.04. The topological polar surface area (TPSA) is 159 Å². The Labute approximate surface area is 310 Å². The van der Waals surface area contributed by atoms with Crippen LogP contribution in [-0.2, 0) is 50.9 Å². The van der Waals surface area contributed by atoms with Crippen LogP contribution in [0.1, 0.15) is 75.3 Å². The summed E-state index contributed by atoms with van der Waals surface area (Å²) in [6.45, 7) is 3.44. The molecule has 4 heterocycles. The first-order chi connectivity index (χ1) is 25.7. The van der Waals surface area contributed by atoms with Gasteiger partial charge in [0.25, 0.3) is 0 Å². The lowest BCUT2D eigenvalue weighted by Gasteiger charge is -2.35. The lowest BCUT2D eigenvalue weighted by molar-refractivity contribution is -0.183. The minimum absolute atomic E-state index is 0.123. The average molecular weight is 737 g/mol. The van der Waals surface area contributed by atoms with Crippen molar-refractivity contribution in [2.24, 2.45) is 11.8 Å². The van der Waals surface area contributed by atoms with Gasteiger partial charge in [-0.05, 0) is 61.5 Å². The molecule has 2 aliphatic carbocycles. The summed E-state index contributed by atoms with van der Waals surface area (Å²) in [5.74, 6) is -1.00. The van der Waals surface area contributed by atoms with E-state index in [2.05, 4.69) is 5.32 Å². The van der Waals surface area contributed by atoms with Crippen molar-refractivity contribution in [1.82, 2.24) is 10.2 Å². The Kier molecular flexibility index (Phi) is 13.4. The molecule has 0 unspecified atom stereocenters. The molecular weight excluding hydrogens is 684 g/mol. The Hall–Kier alpha value is -4.04. The number of hydrogen-bond donors (Lipinski definition) is 2. The number of ether oxygens (including phenoxy) is 6. The molecule has 2 N–H and O–H groups in total. The predicted molar refractivity (Wildman–Crippen MR) is 191 cm³/mol.